The lowest BCUT2D eigenvalue weighted by molar-refractivity contribution is -0.108. The molecule has 178 valence electrons. The number of anilines is 1. The second kappa shape index (κ2) is 10.8. The van der Waals surface area contributed by atoms with Gasteiger partial charge in [-0.15, -0.1) is 0 Å². The van der Waals surface area contributed by atoms with Gasteiger partial charge in [-0.1, -0.05) is 18.2 Å². The molecule has 0 aromatic heterocycles. The third-order valence-electron chi connectivity index (χ3n) is 6.58. The normalized spacial score (nSPS) is 29.0. The molecule has 2 unspecified atom stereocenters. The largest absolute Gasteiger partial charge is 0.447 e. The van der Waals surface area contributed by atoms with Crippen molar-refractivity contribution in [2.75, 3.05) is 84.6 Å². The molecular formula is C23H36N4O5. The minimum Gasteiger partial charge on any atom is -0.447 e. The van der Waals surface area contributed by atoms with Gasteiger partial charge in [-0.2, -0.15) is 0 Å². The van der Waals surface area contributed by atoms with E-state index in [1.165, 1.54) is 0 Å². The van der Waals surface area contributed by atoms with Crippen LogP contribution in [0.2, 0.25) is 0 Å². The lowest BCUT2D eigenvalue weighted by Crippen LogP contribution is -2.63. The number of piperazine rings is 1. The number of nitrogens with zero attached hydrogens (tertiary/aromatic N) is 4. The first-order chi connectivity index (χ1) is 15.5. The molecule has 3 aliphatic heterocycles. The molecule has 1 aromatic rings. The van der Waals surface area contributed by atoms with Gasteiger partial charge in [-0.3, -0.25) is 4.90 Å². The Morgan fingerprint density at radius 3 is 2.47 bits per heavy atom. The average Bonchev–Trinajstić information content (AvgIpc) is 2.82. The fraction of sp³-hybridized carbons (Fsp3) is 0.696. The predicted molar refractivity (Wildman–Crippen MR) is 121 cm³/mol. The summed E-state index contributed by atoms with van der Waals surface area (Å²) in [6.07, 6.45) is -1.68. The maximum atomic E-state index is 13.1. The summed E-state index contributed by atoms with van der Waals surface area (Å²) in [4.78, 5) is 21.3. The Kier molecular flexibility index (Phi) is 7.85. The van der Waals surface area contributed by atoms with Crippen LogP contribution in [0.1, 0.15) is 0 Å². The van der Waals surface area contributed by atoms with Crippen LogP contribution in [0, 0.1) is 0 Å². The van der Waals surface area contributed by atoms with Crippen molar-refractivity contribution in [1.82, 2.24) is 14.7 Å². The number of aliphatic hydroxyl groups is 1. The molecule has 0 spiro atoms. The van der Waals surface area contributed by atoms with Crippen molar-refractivity contribution >= 4 is 11.8 Å². The summed E-state index contributed by atoms with van der Waals surface area (Å²) in [6.45, 7) is 6.20. The van der Waals surface area contributed by atoms with Gasteiger partial charge in [0.25, 0.3) is 0 Å². The number of hydrogen-bond donors (Lipinski definition) is 1. The summed E-state index contributed by atoms with van der Waals surface area (Å²) >= 11 is 0. The number of amides is 1. The summed E-state index contributed by atoms with van der Waals surface area (Å²) in [6, 6.07) is 9.67. The minimum absolute atomic E-state index is 0.123. The summed E-state index contributed by atoms with van der Waals surface area (Å²) in [5.41, 5.74) is 1.08. The third-order valence-corrected chi connectivity index (χ3v) is 6.58. The lowest BCUT2D eigenvalue weighted by Gasteiger charge is -2.46. The molecule has 3 saturated heterocycles. The zero-order chi connectivity index (χ0) is 22.5. The Labute approximate surface area is 190 Å². The highest BCUT2D eigenvalue weighted by atomic mass is 16.6. The number of benzene rings is 1. The van der Waals surface area contributed by atoms with Gasteiger partial charge in [0, 0.05) is 51.5 Å². The molecule has 1 N–H and O–H groups in total. The Morgan fingerprint density at radius 1 is 1.03 bits per heavy atom. The van der Waals surface area contributed by atoms with Crippen molar-refractivity contribution < 1.29 is 24.1 Å². The van der Waals surface area contributed by atoms with Crippen molar-refractivity contribution in [3.8, 4) is 0 Å². The molecule has 3 heterocycles. The van der Waals surface area contributed by atoms with E-state index in [9.17, 15) is 9.90 Å². The van der Waals surface area contributed by atoms with E-state index in [1.54, 1.807) is 4.90 Å². The fourth-order valence-corrected chi connectivity index (χ4v) is 4.68. The Bertz CT molecular complexity index is 738. The number of para-hydroxylation sites is 1. The van der Waals surface area contributed by atoms with Crippen molar-refractivity contribution in [1.29, 1.82) is 0 Å². The van der Waals surface area contributed by atoms with Crippen LogP contribution in [-0.4, -0.2) is 130 Å². The van der Waals surface area contributed by atoms with E-state index in [4.69, 9.17) is 14.2 Å². The standard InChI is InChI=1S/C23H36N4O5/c1-24-10-12-30-19(14-24)17-32-23(29)27-9-8-26(18-6-4-3-5-7-18)15-20(27)22(28)21-16-25(2)11-13-31-21/h3-7,19-22,28H,8-17H2,1-2H3/t19-,20?,21-,22?/m0/s1. The zero-order valence-corrected chi connectivity index (χ0v) is 19.1. The minimum atomic E-state index is -0.811. The van der Waals surface area contributed by atoms with E-state index in [0.29, 0.717) is 39.4 Å². The maximum absolute atomic E-state index is 13.1. The molecule has 3 fully saturated rings. The number of hydrogen-bond acceptors (Lipinski definition) is 8. The molecule has 32 heavy (non-hydrogen) atoms. The van der Waals surface area contributed by atoms with Gasteiger partial charge in [0.2, 0.25) is 0 Å². The fourth-order valence-electron chi connectivity index (χ4n) is 4.68. The number of ether oxygens (including phenoxy) is 3. The molecule has 1 amide bonds. The van der Waals surface area contributed by atoms with Crippen molar-refractivity contribution in [3.05, 3.63) is 30.3 Å². The van der Waals surface area contributed by atoms with E-state index >= 15 is 0 Å². The highest BCUT2D eigenvalue weighted by Gasteiger charge is 2.41. The first-order valence-corrected chi connectivity index (χ1v) is 11.5. The van der Waals surface area contributed by atoms with Crippen LogP contribution in [-0.2, 0) is 14.2 Å². The number of rotatable bonds is 5. The maximum Gasteiger partial charge on any atom is 0.410 e. The zero-order valence-electron chi connectivity index (χ0n) is 19.1. The van der Waals surface area contributed by atoms with E-state index < -0.39 is 18.2 Å². The second-order valence-electron chi connectivity index (χ2n) is 9.04. The van der Waals surface area contributed by atoms with E-state index in [1.807, 2.05) is 32.3 Å². The second-order valence-corrected chi connectivity index (χ2v) is 9.04. The van der Waals surface area contributed by atoms with E-state index in [-0.39, 0.29) is 18.8 Å². The van der Waals surface area contributed by atoms with Gasteiger partial charge >= 0.3 is 6.09 Å². The van der Waals surface area contributed by atoms with E-state index in [2.05, 4.69) is 26.8 Å². The quantitative estimate of drug-likeness (QED) is 0.691. The van der Waals surface area contributed by atoms with Gasteiger partial charge in [-0.25, -0.2) is 4.79 Å². The average molecular weight is 449 g/mol. The Balaban J connectivity index is 1.44. The molecule has 4 rings (SSSR count). The Morgan fingerprint density at radius 2 is 1.75 bits per heavy atom. The number of morpholine rings is 2. The van der Waals surface area contributed by atoms with Gasteiger partial charge < -0.3 is 34.0 Å². The van der Waals surface area contributed by atoms with Crippen LogP contribution in [0.25, 0.3) is 0 Å². The van der Waals surface area contributed by atoms with Gasteiger partial charge in [0.15, 0.2) is 0 Å². The van der Waals surface area contributed by atoms with Gasteiger partial charge in [-0.05, 0) is 26.2 Å². The number of carbonyl (C=O) groups excluding carboxylic acids is 1. The van der Waals surface area contributed by atoms with Crippen LogP contribution in [0.5, 0.6) is 0 Å². The van der Waals surface area contributed by atoms with Crippen LogP contribution in [0.3, 0.4) is 0 Å². The summed E-state index contributed by atoms with van der Waals surface area (Å²) in [5.74, 6) is 0. The van der Waals surface area contributed by atoms with Gasteiger partial charge in [0.05, 0.1) is 25.4 Å². The predicted octanol–water partition coefficient (Wildman–Crippen LogP) is 0.336. The van der Waals surface area contributed by atoms with Crippen LogP contribution in [0.4, 0.5) is 10.5 Å². The molecular weight excluding hydrogens is 412 g/mol. The first kappa shape index (κ1) is 23.3. The lowest BCUT2D eigenvalue weighted by atomic mass is 9.99. The molecule has 4 atom stereocenters. The van der Waals surface area contributed by atoms with Crippen molar-refractivity contribution in [2.24, 2.45) is 0 Å². The number of carbonyl (C=O) groups is 1. The smallest absolute Gasteiger partial charge is 0.410 e. The number of likely N-dealkylation sites (N-methyl/N-ethyl adjacent to an activating group) is 2. The molecule has 0 bridgehead atoms. The van der Waals surface area contributed by atoms with Crippen LogP contribution < -0.4 is 4.90 Å². The molecule has 9 heteroatoms. The van der Waals surface area contributed by atoms with Gasteiger partial charge in [0.1, 0.15) is 18.8 Å². The summed E-state index contributed by atoms with van der Waals surface area (Å²) in [5, 5.41) is 11.3. The highest BCUT2D eigenvalue weighted by Crippen LogP contribution is 2.24. The number of aliphatic hydroxyl groups excluding tert-OH is 1. The highest BCUT2D eigenvalue weighted by molar-refractivity contribution is 5.69. The topological polar surface area (TPSA) is 78.0 Å². The molecule has 9 nitrogen and oxygen atoms in total. The van der Waals surface area contributed by atoms with E-state index in [0.717, 1.165) is 25.3 Å². The van der Waals surface area contributed by atoms with Crippen molar-refractivity contribution in [3.63, 3.8) is 0 Å². The summed E-state index contributed by atoms with van der Waals surface area (Å²) < 4.78 is 17.3. The molecule has 1 aromatic carbocycles. The molecule has 0 saturated carbocycles. The SMILES string of the molecule is CN1CCO[C@H](COC(=O)N2CCN(c3ccccc3)CC2C(O)[C@@H]2CN(C)CCO2)C1. The third kappa shape index (κ3) is 5.71. The molecule has 0 radical (unpaired) electrons. The molecule has 3 aliphatic rings. The monoisotopic (exact) mass is 448 g/mol. The Hall–Kier alpha value is -1.91. The van der Waals surface area contributed by atoms with Crippen molar-refractivity contribution in [2.45, 2.75) is 24.4 Å². The molecule has 0 aliphatic carbocycles. The van der Waals surface area contributed by atoms with Crippen LogP contribution >= 0.6 is 0 Å². The van der Waals surface area contributed by atoms with Crippen LogP contribution in [0.15, 0.2) is 30.3 Å². The summed E-state index contributed by atoms with van der Waals surface area (Å²) in [7, 11) is 4.06. The first-order valence-electron chi connectivity index (χ1n) is 11.5.